The first-order chi connectivity index (χ1) is 14.4. The number of H-pyrrole nitrogens is 1. The van der Waals surface area contributed by atoms with Crippen LogP contribution in [-0.2, 0) is 0 Å². The van der Waals surface area contributed by atoms with E-state index in [4.69, 9.17) is 25.8 Å². The smallest absolute Gasteiger partial charge is 0.266 e. The van der Waals surface area contributed by atoms with Crippen molar-refractivity contribution >= 4 is 40.9 Å². The van der Waals surface area contributed by atoms with Crippen LogP contribution in [0.5, 0.6) is 17.2 Å². The van der Waals surface area contributed by atoms with Gasteiger partial charge in [-0.3, -0.25) is 9.59 Å². The maximum atomic E-state index is 12.5. The van der Waals surface area contributed by atoms with Crippen LogP contribution in [0.4, 0.5) is 0 Å². The molecule has 0 aliphatic rings. The molecule has 3 aromatic rings. The number of carbonyl (C=O) groups excluding carboxylic acids is 1. The molecule has 2 aromatic carbocycles. The number of hydrogen-bond donors (Lipinski definition) is 1. The Morgan fingerprint density at radius 1 is 1.17 bits per heavy atom. The first-order valence-corrected chi connectivity index (χ1v) is 10.3. The molecule has 8 heteroatoms. The molecule has 1 heterocycles. The number of thiazole rings is 1. The summed E-state index contributed by atoms with van der Waals surface area (Å²) in [5.74, 6) is 1.38. The van der Waals surface area contributed by atoms with Crippen molar-refractivity contribution < 1.29 is 19.0 Å². The maximum absolute atomic E-state index is 12.5. The van der Waals surface area contributed by atoms with Crippen molar-refractivity contribution in [2.24, 2.45) is 0 Å². The lowest BCUT2D eigenvalue weighted by atomic mass is 10.1. The van der Waals surface area contributed by atoms with Crippen molar-refractivity contribution in [1.82, 2.24) is 4.98 Å². The fourth-order valence-electron chi connectivity index (χ4n) is 2.77. The number of benzene rings is 2. The molecule has 1 aromatic heterocycles. The van der Waals surface area contributed by atoms with E-state index in [0.717, 1.165) is 0 Å². The minimum Gasteiger partial charge on any atom is -0.497 e. The third-order valence-electron chi connectivity index (χ3n) is 4.15. The standard InChI is InChI=1S/C22H20ClNO5S/c1-4-29-18-10-13(9-16(23)21(18)28-3)11-19-22(26)24-20(30-19)12-17(25)14-5-7-15(27-2)8-6-14/h5-12H,4H2,1-3H3,(H,24,26)/b19-11-,20-12-. The zero-order valence-electron chi connectivity index (χ0n) is 16.7. The van der Waals surface area contributed by atoms with Gasteiger partial charge in [-0.15, -0.1) is 11.3 Å². The Morgan fingerprint density at radius 2 is 1.90 bits per heavy atom. The van der Waals surface area contributed by atoms with Crippen molar-refractivity contribution in [3.05, 3.63) is 72.1 Å². The highest BCUT2D eigenvalue weighted by atomic mass is 35.5. The zero-order valence-corrected chi connectivity index (χ0v) is 18.2. The lowest BCUT2D eigenvalue weighted by molar-refractivity contribution is 0.106. The van der Waals surface area contributed by atoms with Gasteiger partial charge in [0.1, 0.15) is 5.75 Å². The summed E-state index contributed by atoms with van der Waals surface area (Å²) in [5.41, 5.74) is 0.891. The number of halogens is 1. The number of ketones is 1. The summed E-state index contributed by atoms with van der Waals surface area (Å²) in [6.07, 6.45) is 3.09. The van der Waals surface area contributed by atoms with Crippen LogP contribution in [0, 0.1) is 0 Å². The molecule has 1 N–H and O–H groups in total. The molecule has 0 spiro atoms. The van der Waals surface area contributed by atoms with Crippen molar-refractivity contribution in [1.29, 1.82) is 0 Å². The first-order valence-electron chi connectivity index (χ1n) is 9.06. The molecule has 30 heavy (non-hydrogen) atoms. The molecular weight excluding hydrogens is 426 g/mol. The van der Waals surface area contributed by atoms with Gasteiger partial charge in [0, 0.05) is 11.6 Å². The number of aromatic amines is 1. The van der Waals surface area contributed by atoms with Gasteiger partial charge in [0.05, 0.1) is 35.0 Å². The van der Waals surface area contributed by atoms with Crippen LogP contribution in [0.25, 0.3) is 12.2 Å². The molecule has 0 fully saturated rings. The van der Waals surface area contributed by atoms with Gasteiger partial charge >= 0.3 is 0 Å². The second-order valence-electron chi connectivity index (χ2n) is 6.13. The fourth-order valence-corrected chi connectivity index (χ4v) is 3.95. The second-order valence-corrected chi connectivity index (χ2v) is 7.62. The molecule has 0 aliphatic carbocycles. The highest BCUT2D eigenvalue weighted by molar-refractivity contribution is 7.07. The summed E-state index contributed by atoms with van der Waals surface area (Å²) in [4.78, 5) is 27.5. The molecule has 156 valence electrons. The molecule has 0 bridgehead atoms. The van der Waals surface area contributed by atoms with E-state index in [2.05, 4.69) is 4.98 Å². The molecule has 3 rings (SSSR count). The minimum atomic E-state index is -0.293. The van der Waals surface area contributed by atoms with E-state index in [0.29, 0.717) is 49.2 Å². The molecular formula is C22H20ClNO5S. The van der Waals surface area contributed by atoms with Gasteiger partial charge in [-0.1, -0.05) is 11.6 Å². The van der Waals surface area contributed by atoms with Gasteiger partial charge in [-0.25, -0.2) is 0 Å². The predicted molar refractivity (Wildman–Crippen MR) is 119 cm³/mol. The van der Waals surface area contributed by atoms with Crippen molar-refractivity contribution in [2.45, 2.75) is 6.92 Å². The Bertz CT molecular complexity index is 1230. The average Bonchev–Trinajstić information content (AvgIpc) is 3.06. The van der Waals surface area contributed by atoms with Crippen molar-refractivity contribution in [2.75, 3.05) is 20.8 Å². The molecule has 0 unspecified atom stereocenters. The number of nitrogens with one attached hydrogen (secondary N) is 1. The van der Waals surface area contributed by atoms with Crippen LogP contribution in [0.1, 0.15) is 22.8 Å². The van der Waals surface area contributed by atoms with E-state index in [-0.39, 0.29) is 11.3 Å². The molecule has 0 saturated heterocycles. The van der Waals surface area contributed by atoms with Gasteiger partial charge in [-0.05, 0) is 55.0 Å². The third kappa shape index (κ3) is 4.93. The number of rotatable bonds is 7. The predicted octanol–water partition coefficient (Wildman–Crippen LogP) is 3.00. The maximum Gasteiger partial charge on any atom is 0.266 e. The van der Waals surface area contributed by atoms with E-state index in [1.54, 1.807) is 49.6 Å². The number of methoxy groups -OCH3 is 2. The zero-order chi connectivity index (χ0) is 21.7. The van der Waals surface area contributed by atoms with Crippen molar-refractivity contribution in [3.63, 3.8) is 0 Å². The van der Waals surface area contributed by atoms with Crippen LogP contribution in [0.3, 0.4) is 0 Å². The summed E-state index contributed by atoms with van der Waals surface area (Å²) in [6.45, 7) is 2.30. The van der Waals surface area contributed by atoms with Crippen LogP contribution in [-0.4, -0.2) is 31.6 Å². The van der Waals surface area contributed by atoms with Crippen LogP contribution in [0.15, 0.2) is 41.2 Å². The fraction of sp³-hybridized carbons (Fsp3) is 0.182. The SMILES string of the molecule is CCOc1cc(/C=c2\s/c(=C\C(=O)c3ccc(OC)cc3)[nH]c2=O)cc(Cl)c1OC. The Labute approximate surface area is 182 Å². The topological polar surface area (TPSA) is 77.6 Å². The van der Waals surface area contributed by atoms with E-state index < -0.39 is 0 Å². The molecule has 0 amide bonds. The van der Waals surface area contributed by atoms with Gasteiger partial charge in [0.2, 0.25) is 0 Å². The molecule has 0 atom stereocenters. The summed E-state index contributed by atoms with van der Waals surface area (Å²) in [6, 6.07) is 10.2. The highest BCUT2D eigenvalue weighted by Crippen LogP contribution is 2.36. The number of aromatic nitrogens is 1. The van der Waals surface area contributed by atoms with E-state index in [9.17, 15) is 9.59 Å². The minimum absolute atomic E-state index is 0.215. The van der Waals surface area contributed by atoms with Crippen LogP contribution < -0.4 is 29.0 Å². The number of Topliss-reactive ketones (excluding diaryl/α,β-unsaturated/α-hetero) is 1. The van der Waals surface area contributed by atoms with Gasteiger partial charge in [0.15, 0.2) is 17.3 Å². The lowest BCUT2D eigenvalue weighted by Crippen LogP contribution is -2.20. The van der Waals surface area contributed by atoms with E-state index in [1.807, 2.05) is 6.92 Å². The monoisotopic (exact) mass is 445 g/mol. The van der Waals surface area contributed by atoms with Gasteiger partial charge in [-0.2, -0.15) is 0 Å². The van der Waals surface area contributed by atoms with Gasteiger partial charge < -0.3 is 19.2 Å². The molecule has 6 nitrogen and oxygen atoms in total. The normalized spacial score (nSPS) is 12.1. The van der Waals surface area contributed by atoms with Crippen LogP contribution >= 0.6 is 22.9 Å². The number of hydrogen-bond acceptors (Lipinski definition) is 6. The number of carbonyl (C=O) groups is 1. The summed E-state index contributed by atoms with van der Waals surface area (Å²) >= 11 is 7.45. The van der Waals surface area contributed by atoms with Gasteiger partial charge in [0.25, 0.3) is 5.56 Å². The quantitative estimate of drug-likeness (QED) is 0.566. The summed E-state index contributed by atoms with van der Waals surface area (Å²) < 4.78 is 16.8. The Kier molecular flexibility index (Phi) is 6.97. The Hall–Kier alpha value is -3.03. The molecule has 0 saturated carbocycles. The summed E-state index contributed by atoms with van der Waals surface area (Å²) in [7, 11) is 3.07. The Morgan fingerprint density at radius 3 is 2.53 bits per heavy atom. The highest BCUT2D eigenvalue weighted by Gasteiger charge is 2.11. The Balaban J connectivity index is 1.97. The second kappa shape index (κ2) is 9.65. The van der Waals surface area contributed by atoms with E-state index >= 15 is 0 Å². The average molecular weight is 446 g/mol. The molecule has 0 aliphatic heterocycles. The van der Waals surface area contributed by atoms with Crippen molar-refractivity contribution in [3.8, 4) is 17.2 Å². The van der Waals surface area contributed by atoms with E-state index in [1.165, 1.54) is 24.5 Å². The van der Waals surface area contributed by atoms with Crippen LogP contribution in [0.2, 0.25) is 5.02 Å². The number of ether oxygens (including phenoxy) is 3. The third-order valence-corrected chi connectivity index (χ3v) is 5.39. The lowest BCUT2D eigenvalue weighted by Gasteiger charge is -2.11. The summed E-state index contributed by atoms with van der Waals surface area (Å²) in [5, 5.41) is 0.379. The molecule has 0 radical (unpaired) electrons. The largest absolute Gasteiger partial charge is 0.497 e. The first kappa shape index (κ1) is 21.7.